The van der Waals surface area contributed by atoms with E-state index in [2.05, 4.69) is 53.9 Å². The SMILES string of the molecule is CCC(C)NCc1ccc(I)c(Cl)c1. The summed E-state index contributed by atoms with van der Waals surface area (Å²) in [5, 5.41) is 4.28. The second-order valence-electron chi connectivity index (χ2n) is 3.44. The molecular formula is C11H15ClIN. The van der Waals surface area contributed by atoms with E-state index in [1.54, 1.807) is 0 Å². The molecule has 0 fully saturated rings. The summed E-state index contributed by atoms with van der Waals surface area (Å²) in [6, 6.07) is 6.76. The summed E-state index contributed by atoms with van der Waals surface area (Å²) >= 11 is 8.27. The number of hydrogen-bond acceptors (Lipinski definition) is 1. The highest BCUT2D eigenvalue weighted by atomic mass is 127. The average molecular weight is 324 g/mol. The molecule has 14 heavy (non-hydrogen) atoms. The summed E-state index contributed by atoms with van der Waals surface area (Å²) < 4.78 is 1.11. The maximum Gasteiger partial charge on any atom is 0.0542 e. The predicted molar refractivity (Wildman–Crippen MR) is 70.8 cm³/mol. The van der Waals surface area contributed by atoms with E-state index in [1.807, 2.05) is 6.07 Å². The van der Waals surface area contributed by atoms with Crippen LogP contribution in [0.4, 0.5) is 0 Å². The summed E-state index contributed by atoms with van der Waals surface area (Å²) in [5.74, 6) is 0. The van der Waals surface area contributed by atoms with Crippen molar-refractivity contribution < 1.29 is 0 Å². The Bertz CT molecular complexity index is 301. The first-order valence-electron chi connectivity index (χ1n) is 4.80. The first-order valence-corrected chi connectivity index (χ1v) is 6.26. The van der Waals surface area contributed by atoms with Crippen molar-refractivity contribution in [2.24, 2.45) is 0 Å². The van der Waals surface area contributed by atoms with Crippen molar-refractivity contribution in [1.82, 2.24) is 5.32 Å². The maximum absolute atomic E-state index is 6.03. The molecule has 0 radical (unpaired) electrons. The zero-order chi connectivity index (χ0) is 10.6. The van der Waals surface area contributed by atoms with Gasteiger partial charge in [-0.15, -0.1) is 0 Å². The van der Waals surface area contributed by atoms with E-state index in [0.717, 1.165) is 21.6 Å². The van der Waals surface area contributed by atoms with Crippen LogP contribution in [0, 0.1) is 3.57 Å². The van der Waals surface area contributed by atoms with Gasteiger partial charge in [0.25, 0.3) is 0 Å². The van der Waals surface area contributed by atoms with Gasteiger partial charge in [0.15, 0.2) is 0 Å². The molecule has 0 aliphatic rings. The first-order chi connectivity index (χ1) is 6.63. The molecule has 0 saturated heterocycles. The van der Waals surface area contributed by atoms with Crippen molar-refractivity contribution >= 4 is 34.2 Å². The van der Waals surface area contributed by atoms with Crippen LogP contribution in [0.1, 0.15) is 25.8 Å². The standard InChI is InChI=1S/C11H15ClIN/c1-3-8(2)14-7-9-4-5-11(13)10(12)6-9/h4-6,8,14H,3,7H2,1-2H3. The van der Waals surface area contributed by atoms with Crippen molar-refractivity contribution in [3.63, 3.8) is 0 Å². The van der Waals surface area contributed by atoms with Crippen molar-refractivity contribution in [3.8, 4) is 0 Å². The van der Waals surface area contributed by atoms with Crippen LogP contribution in [0.15, 0.2) is 18.2 Å². The Balaban J connectivity index is 2.55. The minimum Gasteiger partial charge on any atom is -0.310 e. The zero-order valence-corrected chi connectivity index (χ0v) is 11.4. The van der Waals surface area contributed by atoms with Gasteiger partial charge in [0.05, 0.1) is 5.02 Å². The third-order valence-electron chi connectivity index (χ3n) is 2.25. The van der Waals surface area contributed by atoms with Gasteiger partial charge in [-0.25, -0.2) is 0 Å². The van der Waals surface area contributed by atoms with Crippen LogP contribution < -0.4 is 5.32 Å². The van der Waals surface area contributed by atoms with Gasteiger partial charge >= 0.3 is 0 Å². The third-order valence-corrected chi connectivity index (χ3v) is 3.82. The van der Waals surface area contributed by atoms with Crippen molar-refractivity contribution in [1.29, 1.82) is 0 Å². The molecule has 0 amide bonds. The fourth-order valence-corrected chi connectivity index (χ4v) is 1.62. The van der Waals surface area contributed by atoms with Gasteiger partial charge in [0.2, 0.25) is 0 Å². The first kappa shape index (κ1) is 12.3. The highest BCUT2D eigenvalue weighted by Crippen LogP contribution is 2.19. The third kappa shape index (κ3) is 3.75. The largest absolute Gasteiger partial charge is 0.310 e. The molecule has 0 bridgehead atoms. The van der Waals surface area contributed by atoms with Crippen LogP contribution in [-0.4, -0.2) is 6.04 Å². The van der Waals surface area contributed by atoms with E-state index >= 15 is 0 Å². The van der Waals surface area contributed by atoms with Gasteiger partial charge in [-0.2, -0.15) is 0 Å². The van der Waals surface area contributed by atoms with E-state index < -0.39 is 0 Å². The van der Waals surface area contributed by atoms with E-state index in [-0.39, 0.29) is 0 Å². The average Bonchev–Trinajstić information content (AvgIpc) is 2.19. The highest BCUT2D eigenvalue weighted by molar-refractivity contribution is 14.1. The van der Waals surface area contributed by atoms with E-state index in [1.165, 1.54) is 5.56 Å². The second-order valence-corrected chi connectivity index (χ2v) is 5.01. The number of benzene rings is 1. The van der Waals surface area contributed by atoms with Crippen LogP contribution in [0.5, 0.6) is 0 Å². The van der Waals surface area contributed by atoms with Crippen molar-refractivity contribution in [3.05, 3.63) is 32.4 Å². The van der Waals surface area contributed by atoms with E-state index in [4.69, 9.17) is 11.6 Å². The lowest BCUT2D eigenvalue weighted by Gasteiger charge is -2.11. The fraction of sp³-hybridized carbons (Fsp3) is 0.455. The molecule has 0 aliphatic heterocycles. The number of hydrogen-bond donors (Lipinski definition) is 1. The number of nitrogens with one attached hydrogen (secondary N) is 1. The molecule has 0 aliphatic carbocycles. The predicted octanol–water partition coefficient (Wildman–Crippen LogP) is 3.83. The quantitative estimate of drug-likeness (QED) is 0.830. The molecule has 1 unspecified atom stereocenters. The molecule has 1 aromatic rings. The van der Waals surface area contributed by atoms with Gasteiger partial charge in [-0.3, -0.25) is 0 Å². The topological polar surface area (TPSA) is 12.0 Å². The Morgan fingerprint density at radius 3 is 2.79 bits per heavy atom. The maximum atomic E-state index is 6.03. The fourth-order valence-electron chi connectivity index (χ4n) is 1.09. The second kappa shape index (κ2) is 5.93. The normalized spacial score (nSPS) is 12.9. The Morgan fingerprint density at radius 2 is 2.21 bits per heavy atom. The molecular weight excluding hydrogens is 308 g/mol. The minimum absolute atomic E-state index is 0.563. The Morgan fingerprint density at radius 1 is 1.50 bits per heavy atom. The van der Waals surface area contributed by atoms with Crippen molar-refractivity contribution in [2.45, 2.75) is 32.9 Å². The minimum atomic E-state index is 0.563. The highest BCUT2D eigenvalue weighted by Gasteiger charge is 2.00. The van der Waals surface area contributed by atoms with Gasteiger partial charge < -0.3 is 5.32 Å². The molecule has 0 aromatic heterocycles. The molecule has 1 atom stereocenters. The smallest absolute Gasteiger partial charge is 0.0542 e. The molecule has 0 heterocycles. The molecule has 3 heteroatoms. The van der Waals surface area contributed by atoms with Crippen LogP contribution in [-0.2, 0) is 6.54 Å². The van der Waals surface area contributed by atoms with Gasteiger partial charge in [-0.1, -0.05) is 24.6 Å². The van der Waals surface area contributed by atoms with Crippen LogP contribution in [0.3, 0.4) is 0 Å². The van der Waals surface area contributed by atoms with Crippen LogP contribution in [0.25, 0.3) is 0 Å². The lowest BCUT2D eigenvalue weighted by atomic mass is 10.2. The Labute approximate surface area is 104 Å². The zero-order valence-electron chi connectivity index (χ0n) is 8.48. The lowest BCUT2D eigenvalue weighted by molar-refractivity contribution is 0.534. The van der Waals surface area contributed by atoms with Gasteiger partial charge in [0.1, 0.15) is 0 Å². The van der Waals surface area contributed by atoms with Gasteiger partial charge in [-0.05, 0) is 53.6 Å². The van der Waals surface area contributed by atoms with E-state index in [9.17, 15) is 0 Å². The monoisotopic (exact) mass is 323 g/mol. The molecule has 1 aromatic carbocycles. The molecule has 78 valence electrons. The Kier molecular flexibility index (Phi) is 5.20. The molecule has 0 spiro atoms. The molecule has 1 N–H and O–H groups in total. The van der Waals surface area contributed by atoms with Crippen LogP contribution in [0.2, 0.25) is 5.02 Å². The molecule has 0 saturated carbocycles. The summed E-state index contributed by atoms with van der Waals surface area (Å²) in [5.41, 5.74) is 1.25. The molecule has 1 nitrogen and oxygen atoms in total. The van der Waals surface area contributed by atoms with E-state index in [0.29, 0.717) is 6.04 Å². The molecule has 1 rings (SSSR count). The van der Waals surface area contributed by atoms with Crippen LogP contribution >= 0.6 is 34.2 Å². The summed E-state index contributed by atoms with van der Waals surface area (Å²) in [4.78, 5) is 0. The summed E-state index contributed by atoms with van der Waals surface area (Å²) in [7, 11) is 0. The summed E-state index contributed by atoms with van der Waals surface area (Å²) in [6.07, 6.45) is 1.15. The lowest BCUT2D eigenvalue weighted by Crippen LogP contribution is -2.24. The number of halogens is 2. The van der Waals surface area contributed by atoms with Gasteiger partial charge in [0, 0.05) is 16.2 Å². The number of rotatable bonds is 4. The Hall–Kier alpha value is 0.200. The van der Waals surface area contributed by atoms with Crippen molar-refractivity contribution in [2.75, 3.05) is 0 Å². The summed E-state index contributed by atoms with van der Waals surface area (Å²) in [6.45, 7) is 5.26.